The van der Waals surface area contributed by atoms with Gasteiger partial charge in [0.2, 0.25) is 0 Å². The molecule has 148 valence electrons. The largest absolute Gasteiger partial charge is 0.493 e. The van der Waals surface area contributed by atoms with Crippen molar-refractivity contribution in [1.29, 1.82) is 0 Å². The molecule has 0 spiro atoms. The SMILES string of the molecule is COc1cc(CN2CCC[C@H]2c2cc(C(C)C)no2)ccc1OCC(C)C. The van der Waals surface area contributed by atoms with Crippen LogP contribution >= 0.6 is 0 Å². The van der Waals surface area contributed by atoms with Gasteiger partial charge >= 0.3 is 0 Å². The Kier molecular flexibility index (Phi) is 6.42. The predicted octanol–water partition coefficient (Wildman–Crippen LogP) is 5.18. The quantitative estimate of drug-likeness (QED) is 0.639. The Bertz CT molecular complexity index is 739. The van der Waals surface area contributed by atoms with Crippen LogP contribution in [0.15, 0.2) is 28.8 Å². The number of methoxy groups -OCH3 is 1. The Morgan fingerprint density at radius 2 is 2.00 bits per heavy atom. The van der Waals surface area contributed by atoms with E-state index in [0.29, 0.717) is 24.5 Å². The van der Waals surface area contributed by atoms with Crippen LogP contribution in [0.3, 0.4) is 0 Å². The van der Waals surface area contributed by atoms with Gasteiger partial charge in [-0.25, -0.2) is 0 Å². The second-order valence-electron chi connectivity index (χ2n) is 8.13. The van der Waals surface area contributed by atoms with Crippen LogP contribution < -0.4 is 9.47 Å². The van der Waals surface area contributed by atoms with Crippen LogP contribution in [0.25, 0.3) is 0 Å². The van der Waals surface area contributed by atoms with Crippen molar-refractivity contribution in [3.63, 3.8) is 0 Å². The molecule has 1 fully saturated rings. The third-order valence-electron chi connectivity index (χ3n) is 5.02. The van der Waals surface area contributed by atoms with Crippen molar-refractivity contribution in [2.75, 3.05) is 20.3 Å². The van der Waals surface area contributed by atoms with Gasteiger partial charge in [-0.1, -0.05) is 38.9 Å². The molecule has 0 radical (unpaired) electrons. The lowest BCUT2D eigenvalue weighted by molar-refractivity contribution is 0.206. The molecule has 1 aromatic carbocycles. The van der Waals surface area contributed by atoms with E-state index in [1.54, 1.807) is 7.11 Å². The molecule has 2 aromatic rings. The molecule has 5 nitrogen and oxygen atoms in total. The van der Waals surface area contributed by atoms with E-state index in [1.807, 2.05) is 6.07 Å². The van der Waals surface area contributed by atoms with Crippen LogP contribution in [0.2, 0.25) is 0 Å². The van der Waals surface area contributed by atoms with Crippen LogP contribution in [-0.4, -0.2) is 30.3 Å². The van der Waals surface area contributed by atoms with E-state index in [1.165, 1.54) is 12.0 Å². The van der Waals surface area contributed by atoms with Crippen molar-refractivity contribution in [1.82, 2.24) is 10.1 Å². The average molecular weight is 373 g/mol. The monoisotopic (exact) mass is 372 g/mol. The number of likely N-dealkylation sites (tertiary alicyclic amines) is 1. The summed E-state index contributed by atoms with van der Waals surface area (Å²) < 4.78 is 17.1. The molecular formula is C22H32N2O3. The lowest BCUT2D eigenvalue weighted by atomic mass is 10.1. The van der Waals surface area contributed by atoms with Crippen LogP contribution in [0.1, 0.15) is 69.5 Å². The molecule has 1 aromatic heterocycles. The first-order chi connectivity index (χ1) is 13.0. The third kappa shape index (κ3) is 4.83. The fourth-order valence-corrected chi connectivity index (χ4v) is 3.49. The number of benzene rings is 1. The molecule has 3 rings (SSSR count). The summed E-state index contributed by atoms with van der Waals surface area (Å²) in [6.07, 6.45) is 2.29. The zero-order chi connectivity index (χ0) is 19.4. The van der Waals surface area contributed by atoms with Gasteiger partial charge in [0.05, 0.1) is 25.5 Å². The Morgan fingerprint density at radius 3 is 2.67 bits per heavy atom. The van der Waals surface area contributed by atoms with Crippen LogP contribution in [0.4, 0.5) is 0 Å². The van der Waals surface area contributed by atoms with Gasteiger partial charge in [-0.15, -0.1) is 0 Å². The summed E-state index contributed by atoms with van der Waals surface area (Å²) in [5, 5.41) is 4.24. The first-order valence-electron chi connectivity index (χ1n) is 9.98. The molecule has 0 bridgehead atoms. The molecule has 0 N–H and O–H groups in total. The van der Waals surface area contributed by atoms with Crippen LogP contribution in [0, 0.1) is 5.92 Å². The van der Waals surface area contributed by atoms with E-state index in [-0.39, 0.29) is 0 Å². The van der Waals surface area contributed by atoms with Gasteiger partial charge in [0.1, 0.15) is 0 Å². The molecule has 1 aliphatic rings. The van der Waals surface area contributed by atoms with Gasteiger partial charge in [0, 0.05) is 12.6 Å². The van der Waals surface area contributed by atoms with E-state index < -0.39 is 0 Å². The van der Waals surface area contributed by atoms with Crippen molar-refractivity contribution in [3.05, 3.63) is 41.3 Å². The molecule has 1 aliphatic heterocycles. The van der Waals surface area contributed by atoms with Gasteiger partial charge in [-0.05, 0) is 48.9 Å². The van der Waals surface area contributed by atoms with Gasteiger partial charge in [0.25, 0.3) is 0 Å². The lowest BCUT2D eigenvalue weighted by Gasteiger charge is -2.23. The van der Waals surface area contributed by atoms with Crippen molar-refractivity contribution in [2.24, 2.45) is 5.92 Å². The van der Waals surface area contributed by atoms with Crippen molar-refractivity contribution in [2.45, 2.75) is 59.0 Å². The number of aromatic nitrogens is 1. The highest BCUT2D eigenvalue weighted by atomic mass is 16.5. The normalized spacial score (nSPS) is 17.8. The van der Waals surface area contributed by atoms with E-state index in [4.69, 9.17) is 14.0 Å². The number of ether oxygens (including phenoxy) is 2. The molecule has 0 unspecified atom stereocenters. The van der Waals surface area contributed by atoms with E-state index in [0.717, 1.165) is 42.5 Å². The average Bonchev–Trinajstić information content (AvgIpc) is 3.29. The molecular weight excluding hydrogens is 340 g/mol. The second-order valence-corrected chi connectivity index (χ2v) is 8.13. The number of hydrogen-bond acceptors (Lipinski definition) is 5. The molecule has 1 saturated heterocycles. The molecule has 27 heavy (non-hydrogen) atoms. The number of rotatable bonds is 8. The first-order valence-corrected chi connectivity index (χ1v) is 9.98. The minimum atomic E-state index is 0.299. The zero-order valence-corrected chi connectivity index (χ0v) is 17.2. The summed E-state index contributed by atoms with van der Waals surface area (Å²) >= 11 is 0. The second kappa shape index (κ2) is 8.79. The van der Waals surface area contributed by atoms with Gasteiger partial charge < -0.3 is 14.0 Å². The molecule has 0 amide bonds. The summed E-state index contributed by atoms with van der Waals surface area (Å²) in [5.41, 5.74) is 2.25. The summed E-state index contributed by atoms with van der Waals surface area (Å²) in [7, 11) is 1.70. The Labute approximate surface area is 162 Å². The standard InChI is InChI=1S/C22H32N2O3/c1-15(2)14-26-20-9-8-17(11-22(20)25-5)13-24-10-6-7-19(24)21-12-18(16(3)4)23-27-21/h8-9,11-12,15-16,19H,6-7,10,13-14H2,1-5H3/t19-/m0/s1. The van der Waals surface area contributed by atoms with Crippen molar-refractivity contribution < 1.29 is 14.0 Å². The maximum absolute atomic E-state index is 5.87. The molecule has 0 aliphatic carbocycles. The van der Waals surface area contributed by atoms with E-state index >= 15 is 0 Å². The predicted molar refractivity (Wildman–Crippen MR) is 106 cm³/mol. The lowest BCUT2D eigenvalue weighted by Crippen LogP contribution is -2.22. The fraction of sp³-hybridized carbons (Fsp3) is 0.591. The number of nitrogens with zero attached hydrogens (tertiary/aromatic N) is 2. The smallest absolute Gasteiger partial charge is 0.161 e. The van der Waals surface area contributed by atoms with Gasteiger partial charge in [-0.3, -0.25) is 4.90 Å². The van der Waals surface area contributed by atoms with Crippen LogP contribution in [-0.2, 0) is 6.54 Å². The highest BCUT2D eigenvalue weighted by Gasteiger charge is 2.29. The zero-order valence-electron chi connectivity index (χ0n) is 17.2. The summed E-state index contributed by atoms with van der Waals surface area (Å²) in [4.78, 5) is 2.47. The van der Waals surface area contributed by atoms with E-state index in [2.05, 4.69) is 56.0 Å². The van der Waals surface area contributed by atoms with Crippen molar-refractivity contribution >= 4 is 0 Å². The van der Waals surface area contributed by atoms with Gasteiger partial charge in [0.15, 0.2) is 17.3 Å². The third-order valence-corrected chi connectivity index (χ3v) is 5.02. The Morgan fingerprint density at radius 1 is 1.19 bits per heavy atom. The summed E-state index contributed by atoms with van der Waals surface area (Å²) in [6.45, 7) is 11.2. The summed E-state index contributed by atoms with van der Waals surface area (Å²) in [5.74, 6) is 3.47. The maximum Gasteiger partial charge on any atom is 0.161 e. The fourth-order valence-electron chi connectivity index (χ4n) is 3.49. The Balaban J connectivity index is 1.71. The topological polar surface area (TPSA) is 47.7 Å². The highest BCUT2D eigenvalue weighted by Crippen LogP contribution is 2.36. The molecule has 1 atom stereocenters. The van der Waals surface area contributed by atoms with Crippen LogP contribution in [0.5, 0.6) is 11.5 Å². The van der Waals surface area contributed by atoms with Crippen molar-refractivity contribution in [3.8, 4) is 11.5 Å². The van der Waals surface area contributed by atoms with E-state index in [9.17, 15) is 0 Å². The first kappa shape index (κ1) is 19.7. The molecule has 5 heteroatoms. The minimum absolute atomic E-state index is 0.299. The molecule has 0 saturated carbocycles. The Hall–Kier alpha value is -2.01. The van der Waals surface area contributed by atoms with Gasteiger partial charge in [-0.2, -0.15) is 0 Å². The summed E-state index contributed by atoms with van der Waals surface area (Å²) in [6, 6.07) is 8.66. The number of hydrogen-bond donors (Lipinski definition) is 0. The highest BCUT2D eigenvalue weighted by molar-refractivity contribution is 5.43. The maximum atomic E-state index is 5.87. The molecule has 2 heterocycles. The minimum Gasteiger partial charge on any atom is -0.493 e.